The lowest BCUT2D eigenvalue weighted by Gasteiger charge is -2.32. The van der Waals surface area contributed by atoms with E-state index in [-0.39, 0.29) is 23.4 Å². The summed E-state index contributed by atoms with van der Waals surface area (Å²) >= 11 is 0. The number of likely N-dealkylation sites (tertiary alicyclic amines) is 1. The summed E-state index contributed by atoms with van der Waals surface area (Å²) in [5.41, 5.74) is 1.13. The molecule has 7 nitrogen and oxygen atoms in total. The van der Waals surface area contributed by atoms with Crippen molar-refractivity contribution in [2.24, 2.45) is 11.8 Å². The normalized spacial score (nSPS) is 16.7. The molecule has 0 aromatic heterocycles. The number of carboxylic acid groups (broad SMARTS) is 1. The van der Waals surface area contributed by atoms with Crippen LogP contribution in [0, 0.1) is 11.8 Å². The molecule has 1 aliphatic heterocycles. The maximum atomic E-state index is 12.2. The average molecular weight is 389 g/mol. The molecule has 0 radical (unpaired) electrons. The molecule has 1 aromatic carbocycles. The Kier molecular flexibility index (Phi) is 8.29. The molecule has 28 heavy (non-hydrogen) atoms. The summed E-state index contributed by atoms with van der Waals surface area (Å²) in [6.07, 6.45) is 2.85. The summed E-state index contributed by atoms with van der Waals surface area (Å²) in [6, 6.07) is 6.70. The molecule has 0 aliphatic carbocycles. The fourth-order valence-corrected chi connectivity index (χ4v) is 3.36. The van der Waals surface area contributed by atoms with Gasteiger partial charge in [0, 0.05) is 32.6 Å². The van der Waals surface area contributed by atoms with E-state index < -0.39 is 5.97 Å². The molecule has 0 bridgehead atoms. The lowest BCUT2D eigenvalue weighted by Crippen LogP contribution is -2.47. The van der Waals surface area contributed by atoms with Gasteiger partial charge in [-0.25, -0.2) is 9.59 Å². The summed E-state index contributed by atoms with van der Waals surface area (Å²) in [5.74, 6) is -0.394. The standard InChI is InChI=1S/C21H31N3O4/c1-15(2)13-23-21(28)24-10-4-6-17(14-24)12-19(25)22-9-8-16-5-3-7-18(11-16)20(26)27/h3,5,7,11,15,17H,4,6,8-10,12-14H2,1-2H3,(H,22,25)(H,23,28)(H,26,27). The molecule has 1 unspecified atom stereocenters. The second kappa shape index (κ2) is 10.7. The van der Waals surface area contributed by atoms with Crippen molar-refractivity contribution in [1.82, 2.24) is 15.5 Å². The third-order valence-corrected chi connectivity index (χ3v) is 4.85. The quantitative estimate of drug-likeness (QED) is 0.636. The van der Waals surface area contributed by atoms with E-state index in [1.807, 2.05) is 6.07 Å². The number of hydrogen-bond acceptors (Lipinski definition) is 3. The summed E-state index contributed by atoms with van der Waals surface area (Å²) in [5, 5.41) is 14.9. The molecule has 7 heteroatoms. The van der Waals surface area contributed by atoms with Crippen LogP contribution in [0.25, 0.3) is 0 Å². The smallest absolute Gasteiger partial charge is 0.335 e. The van der Waals surface area contributed by atoms with E-state index in [0.29, 0.717) is 38.4 Å². The highest BCUT2D eigenvalue weighted by Crippen LogP contribution is 2.19. The van der Waals surface area contributed by atoms with Gasteiger partial charge in [-0.3, -0.25) is 4.79 Å². The van der Waals surface area contributed by atoms with Gasteiger partial charge in [-0.05, 0) is 48.8 Å². The minimum absolute atomic E-state index is 0.0242. The van der Waals surface area contributed by atoms with Crippen molar-refractivity contribution in [3.8, 4) is 0 Å². The monoisotopic (exact) mass is 389 g/mol. The van der Waals surface area contributed by atoms with E-state index in [4.69, 9.17) is 5.11 Å². The Bertz CT molecular complexity index is 690. The van der Waals surface area contributed by atoms with Crippen molar-refractivity contribution in [2.75, 3.05) is 26.2 Å². The number of nitrogens with one attached hydrogen (secondary N) is 2. The number of aromatic carboxylic acids is 1. The van der Waals surface area contributed by atoms with Gasteiger partial charge in [-0.1, -0.05) is 26.0 Å². The SMILES string of the molecule is CC(C)CNC(=O)N1CCCC(CC(=O)NCCc2cccc(C(=O)O)c2)C1. The minimum atomic E-state index is -0.954. The molecule has 1 aliphatic rings. The van der Waals surface area contributed by atoms with Gasteiger partial charge in [0.2, 0.25) is 5.91 Å². The molecule has 1 fully saturated rings. The Hall–Kier alpha value is -2.57. The lowest BCUT2D eigenvalue weighted by atomic mass is 9.94. The fraction of sp³-hybridized carbons (Fsp3) is 0.571. The Morgan fingerprint density at radius 3 is 2.75 bits per heavy atom. The Morgan fingerprint density at radius 1 is 1.25 bits per heavy atom. The van der Waals surface area contributed by atoms with Crippen LogP contribution >= 0.6 is 0 Å². The third-order valence-electron chi connectivity index (χ3n) is 4.85. The van der Waals surface area contributed by atoms with Gasteiger partial charge in [-0.15, -0.1) is 0 Å². The average Bonchev–Trinajstić information content (AvgIpc) is 2.66. The second-order valence-corrected chi connectivity index (χ2v) is 7.84. The summed E-state index contributed by atoms with van der Waals surface area (Å²) in [7, 11) is 0. The summed E-state index contributed by atoms with van der Waals surface area (Å²) in [6.45, 7) is 6.58. The van der Waals surface area contributed by atoms with Crippen LogP contribution in [-0.4, -0.2) is 54.1 Å². The predicted octanol–water partition coefficient (Wildman–Crippen LogP) is 2.51. The molecular formula is C21H31N3O4. The molecule has 0 saturated carbocycles. The summed E-state index contributed by atoms with van der Waals surface area (Å²) < 4.78 is 0. The number of benzene rings is 1. The van der Waals surface area contributed by atoms with Gasteiger partial charge in [-0.2, -0.15) is 0 Å². The maximum absolute atomic E-state index is 12.2. The number of urea groups is 1. The zero-order valence-corrected chi connectivity index (χ0v) is 16.7. The van der Waals surface area contributed by atoms with Gasteiger partial charge >= 0.3 is 12.0 Å². The highest BCUT2D eigenvalue weighted by atomic mass is 16.4. The number of amides is 3. The predicted molar refractivity (Wildman–Crippen MR) is 107 cm³/mol. The van der Waals surface area contributed by atoms with E-state index in [0.717, 1.165) is 24.9 Å². The Labute approximate surface area is 166 Å². The Balaban J connectivity index is 1.72. The molecule has 0 spiro atoms. The summed E-state index contributed by atoms with van der Waals surface area (Å²) in [4.78, 5) is 37.3. The maximum Gasteiger partial charge on any atom is 0.335 e. The molecule has 2 rings (SSSR count). The van der Waals surface area contributed by atoms with Crippen LogP contribution < -0.4 is 10.6 Å². The fourth-order valence-electron chi connectivity index (χ4n) is 3.36. The van der Waals surface area contributed by atoms with Gasteiger partial charge in [0.15, 0.2) is 0 Å². The highest BCUT2D eigenvalue weighted by molar-refractivity contribution is 5.87. The van der Waals surface area contributed by atoms with Crippen molar-refractivity contribution in [1.29, 1.82) is 0 Å². The van der Waals surface area contributed by atoms with Crippen LogP contribution in [0.15, 0.2) is 24.3 Å². The number of carbonyl (C=O) groups excluding carboxylic acids is 2. The molecule has 3 N–H and O–H groups in total. The van der Waals surface area contributed by atoms with Crippen LogP contribution in [0.4, 0.5) is 4.79 Å². The van der Waals surface area contributed by atoms with E-state index in [1.54, 1.807) is 23.1 Å². The molecule has 1 saturated heterocycles. The number of carbonyl (C=O) groups is 3. The lowest BCUT2D eigenvalue weighted by molar-refractivity contribution is -0.122. The first kappa shape index (κ1) is 21.7. The molecule has 1 aromatic rings. The second-order valence-electron chi connectivity index (χ2n) is 7.84. The van der Waals surface area contributed by atoms with Crippen LogP contribution in [0.2, 0.25) is 0 Å². The van der Waals surface area contributed by atoms with E-state index in [2.05, 4.69) is 24.5 Å². The van der Waals surface area contributed by atoms with E-state index in [9.17, 15) is 14.4 Å². The largest absolute Gasteiger partial charge is 0.478 e. The van der Waals surface area contributed by atoms with Crippen molar-refractivity contribution >= 4 is 17.9 Å². The van der Waals surface area contributed by atoms with Gasteiger partial charge in [0.25, 0.3) is 0 Å². The molecule has 154 valence electrons. The minimum Gasteiger partial charge on any atom is -0.478 e. The van der Waals surface area contributed by atoms with Crippen molar-refractivity contribution in [3.63, 3.8) is 0 Å². The topological polar surface area (TPSA) is 98.7 Å². The third kappa shape index (κ3) is 7.21. The molecule has 1 heterocycles. The van der Waals surface area contributed by atoms with Crippen LogP contribution in [0.5, 0.6) is 0 Å². The molecule has 3 amide bonds. The van der Waals surface area contributed by atoms with Crippen molar-refractivity contribution in [3.05, 3.63) is 35.4 Å². The van der Waals surface area contributed by atoms with Gasteiger partial charge in [0.1, 0.15) is 0 Å². The number of hydrogen-bond donors (Lipinski definition) is 3. The Morgan fingerprint density at radius 2 is 2.04 bits per heavy atom. The number of piperidine rings is 1. The van der Waals surface area contributed by atoms with Crippen molar-refractivity contribution < 1.29 is 19.5 Å². The van der Waals surface area contributed by atoms with Gasteiger partial charge in [0.05, 0.1) is 5.56 Å². The highest BCUT2D eigenvalue weighted by Gasteiger charge is 2.25. The first-order valence-electron chi connectivity index (χ1n) is 9.97. The molecule has 1 atom stereocenters. The van der Waals surface area contributed by atoms with Crippen molar-refractivity contribution in [2.45, 2.75) is 39.5 Å². The van der Waals surface area contributed by atoms with Gasteiger partial charge < -0.3 is 20.6 Å². The van der Waals surface area contributed by atoms with E-state index >= 15 is 0 Å². The molecular weight excluding hydrogens is 358 g/mol. The zero-order valence-electron chi connectivity index (χ0n) is 16.7. The number of rotatable bonds is 8. The van der Waals surface area contributed by atoms with Crippen LogP contribution in [-0.2, 0) is 11.2 Å². The number of carboxylic acids is 1. The first-order valence-corrected chi connectivity index (χ1v) is 9.97. The zero-order chi connectivity index (χ0) is 20.5. The van der Waals surface area contributed by atoms with Crippen LogP contribution in [0.1, 0.15) is 49.0 Å². The number of nitrogens with zero attached hydrogens (tertiary/aromatic N) is 1. The van der Waals surface area contributed by atoms with Crippen LogP contribution in [0.3, 0.4) is 0 Å². The first-order chi connectivity index (χ1) is 13.3. The van der Waals surface area contributed by atoms with E-state index in [1.165, 1.54) is 0 Å².